The molecule has 0 radical (unpaired) electrons. The Bertz CT molecular complexity index is 729. The van der Waals surface area contributed by atoms with Crippen LogP contribution in [0.1, 0.15) is 38.5 Å². The minimum Gasteiger partial charge on any atom is -0.493 e. The van der Waals surface area contributed by atoms with Gasteiger partial charge in [-0.05, 0) is 50.7 Å². The largest absolute Gasteiger partial charge is 0.493 e. The van der Waals surface area contributed by atoms with Crippen molar-refractivity contribution in [2.45, 2.75) is 38.5 Å². The molecule has 2 atom stereocenters. The van der Waals surface area contributed by atoms with Crippen LogP contribution in [0.25, 0.3) is 0 Å². The first kappa shape index (κ1) is 19.3. The second kappa shape index (κ2) is 8.93. The molecule has 6 heteroatoms. The van der Waals surface area contributed by atoms with Gasteiger partial charge in [-0.15, -0.1) is 0 Å². The Morgan fingerprint density at radius 1 is 1.07 bits per heavy atom. The first-order chi connectivity index (χ1) is 13.1. The number of amides is 2. The van der Waals surface area contributed by atoms with Crippen molar-refractivity contribution in [1.82, 2.24) is 5.32 Å². The Morgan fingerprint density at radius 3 is 2.56 bits per heavy atom. The van der Waals surface area contributed by atoms with Crippen LogP contribution >= 0.6 is 0 Å². The van der Waals surface area contributed by atoms with Gasteiger partial charge in [-0.3, -0.25) is 9.59 Å². The highest BCUT2D eigenvalue weighted by Crippen LogP contribution is 2.40. The van der Waals surface area contributed by atoms with Crippen molar-refractivity contribution in [3.05, 3.63) is 29.8 Å². The van der Waals surface area contributed by atoms with Gasteiger partial charge in [0.25, 0.3) is 0 Å². The molecule has 146 valence electrons. The predicted molar refractivity (Wildman–Crippen MR) is 104 cm³/mol. The average Bonchev–Trinajstić information content (AvgIpc) is 3.50. The fraction of sp³-hybridized carbons (Fsp3) is 0.524. The van der Waals surface area contributed by atoms with E-state index in [9.17, 15) is 9.59 Å². The summed E-state index contributed by atoms with van der Waals surface area (Å²) in [6.07, 6.45) is 8.65. The molecule has 0 spiro atoms. The standard InChI is InChI=1S/C21H28N2O4/c1-26-18-9-8-15(12-19(18)27-2)23-21(25)17-13-16(17)20(24)22-11-10-14-6-4-3-5-7-14/h6,8-9,12,16-17H,3-5,7,10-11,13H2,1-2H3,(H,22,24)(H,23,25). The van der Waals surface area contributed by atoms with Crippen molar-refractivity contribution in [3.63, 3.8) is 0 Å². The first-order valence-corrected chi connectivity index (χ1v) is 9.61. The molecule has 6 nitrogen and oxygen atoms in total. The van der Waals surface area contributed by atoms with Crippen molar-refractivity contribution < 1.29 is 19.1 Å². The summed E-state index contributed by atoms with van der Waals surface area (Å²) in [5.41, 5.74) is 2.08. The molecule has 0 saturated heterocycles. The highest BCUT2D eigenvalue weighted by molar-refractivity contribution is 5.99. The summed E-state index contributed by atoms with van der Waals surface area (Å²) in [5.74, 6) is 0.540. The van der Waals surface area contributed by atoms with Gasteiger partial charge in [0, 0.05) is 18.3 Å². The smallest absolute Gasteiger partial charge is 0.228 e. The summed E-state index contributed by atoms with van der Waals surface area (Å²) in [6.45, 7) is 0.658. The second-order valence-electron chi connectivity index (χ2n) is 7.16. The van der Waals surface area contributed by atoms with E-state index in [2.05, 4.69) is 16.7 Å². The number of allylic oxidation sites excluding steroid dienone is 1. The molecule has 1 aromatic rings. The topological polar surface area (TPSA) is 76.7 Å². The zero-order chi connectivity index (χ0) is 19.2. The van der Waals surface area contributed by atoms with Crippen molar-refractivity contribution in [1.29, 1.82) is 0 Å². The van der Waals surface area contributed by atoms with E-state index in [-0.39, 0.29) is 23.7 Å². The molecule has 2 aliphatic rings. The van der Waals surface area contributed by atoms with Gasteiger partial charge in [0.2, 0.25) is 11.8 Å². The molecule has 0 aromatic heterocycles. The summed E-state index contributed by atoms with van der Waals surface area (Å²) in [4.78, 5) is 24.6. The fourth-order valence-corrected chi connectivity index (χ4v) is 3.53. The highest BCUT2D eigenvalue weighted by atomic mass is 16.5. The van der Waals surface area contributed by atoms with Crippen LogP contribution in [0.3, 0.4) is 0 Å². The molecule has 0 heterocycles. The number of nitrogens with one attached hydrogen (secondary N) is 2. The van der Waals surface area contributed by atoms with E-state index in [0.29, 0.717) is 30.2 Å². The summed E-state index contributed by atoms with van der Waals surface area (Å²) in [7, 11) is 3.11. The number of hydrogen-bond donors (Lipinski definition) is 2. The van der Waals surface area contributed by atoms with Gasteiger partial charge in [0.05, 0.1) is 26.1 Å². The SMILES string of the molecule is COc1ccc(NC(=O)C2CC2C(=O)NCCC2=CCCCC2)cc1OC. The Labute approximate surface area is 160 Å². The van der Waals surface area contributed by atoms with Gasteiger partial charge in [0.15, 0.2) is 11.5 Å². The van der Waals surface area contributed by atoms with Crippen molar-refractivity contribution in [3.8, 4) is 11.5 Å². The molecule has 0 aliphatic heterocycles. The lowest BCUT2D eigenvalue weighted by Gasteiger charge is -2.13. The Hall–Kier alpha value is -2.50. The van der Waals surface area contributed by atoms with Crippen LogP contribution in [-0.4, -0.2) is 32.6 Å². The van der Waals surface area contributed by atoms with E-state index >= 15 is 0 Å². The number of hydrogen-bond acceptors (Lipinski definition) is 4. The number of ether oxygens (including phenoxy) is 2. The van der Waals surface area contributed by atoms with Gasteiger partial charge >= 0.3 is 0 Å². The number of methoxy groups -OCH3 is 2. The predicted octanol–water partition coefficient (Wildman–Crippen LogP) is 3.29. The molecule has 2 N–H and O–H groups in total. The minimum atomic E-state index is -0.257. The third-order valence-corrected chi connectivity index (χ3v) is 5.25. The summed E-state index contributed by atoms with van der Waals surface area (Å²) < 4.78 is 10.4. The lowest BCUT2D eigenvalue weighted by molar-refractivity contribution is -0.125. The molecule has 2 unspecified atom stereocenters. The Kier molecular flexibility index (Phi) is 6.37. The van der Waals surface area contributed by atoms with Gasteiger partial charge in [0.1, 0.15) is 0 Å². The molecule has 1 saturated carbocycles. The Balaban J connectivity index is 1.44. The molecule has 1 fully saturated rings. The van der Waals surface area contributed by atoms with Crippen LogP contribution in [0.15, 0.2) is 29.8 Å². The molecule has 27 heavy (non-hydrogen) atoms. The zero-order valence-electron chi connectivity index (χ0n) is 16.0. The Morgan fingerprint density at radius 2 is 1.85 bits per heavy atom. The van der Waals surface area contributed by atoms with Gasteiger partial charge in [-0.1, -0.05) is 11.6 Å². The highest BCUT2D eigenvalue weighted by Gasteiger charge is 2.47. The quantitative estimate of drug-likeness (QED) is 0.687. The number of anilines is 1. The third kappa shape index (κ3) is 5.02. The number of carbonyl (C=O) groups is 2. The number of benzene rings is 1. The molecule has 3 rings (SSSR count). The van der Waals surface area contributed by atoms with E-state index < -0.39 is 0 Å². The van der Waals surface area contributed by atoms with Crippen LogP contribution < -0.4 is 20.1 Å². The maximum absolute atomic E-state index is 12.4. The number of carbonyl (C=O) groups excluding carboxylic acids is 2. The molecule has 0 bridgehead atoms. The molecular formula is C21H28N2O4. The maximum atomic E-state index is 12.4. The fourth-order valence-electron chi connectivity index (χ4n) is 3.53. The van der Waals surface area contributed by atoms with Crippen LogP contribution in [0, 0.1) is 11.8 Å². The summed E-state index contributed by atoms with van der Waals surface area (Å²) in [5, 5.41) is 5.84. The second-order valence-corrected chi connectivity index (χ2v) is 7.16. The average molecular weight is 372 g/mol. The van der Waals surface area contributed by atoms with Crippen molar-refractivity contribution in [2.75, 3.05) is 26.1 Å². The van der Waals surface area contributed by atoms with Crippen molar-refractivity contribution >= 4 is 17.5 Å². The van der Waals surface area contributed by atoms with Crippen LogP contribution in [-0.2, 0) is 9.59 Å². The van der Waals surface area contributed by atoms with Gasteiger partial charge in [-0.2, -0.15) is 0 Å². The van der Waals surface area contributed by atoms with Gasteiger partial charge in [-0.25, -0.2) is 0 Å². The molecule has 1 aromatic carbocycles. The van der Waals surface area contributed by atoms with E-state index in [4.69, 9.17) is 9.47 Å². The lowest BCUT2D eigenvalue weighted by Crippen LogP contribution is -2.28. The number of rotatable bonds is 8. The third-order valence-electron chi connectivity index (χ3n) is 5.25. The van der Waals surface area contributed by atoms with Crippen molar-refractivity contribution in [2.24, 2.45) is 11.8 Å². The summed E-state index contributed by atoms with van der Waals surface area (Å²) in [6, 6.07) is 5.21. The molecule has 2 amide bonds. The lowest BCUT2D eigenvalue weighted by atomic mass is 9.97. The molecule has 2 aliphatic carbocycles. The van der Waals surface area contributed by atoms with E-state index in [1.807, 2.05) is 0 Å². The van der Waals surface area contributed by atoms with Crippen LogP contribution in [0.2, 0.25) is 0 Å². The summed E-state index contributed by atoms with van der Waals surface area (Å²) >= 11 is 0. The van der Waals surface area contributed by atoms with E-state index in [1.54, 1.807) is 32.4 Å². The zero-order valence-corrected chi connectivity index (χ0v) is 16.0. The van der Waals surface area contributed by atoms with Crippen LogP contribution in [0.5, 0.6) is 11.5 Å². The van der Waals surface area contributed by atoms with E-state index in [0.717, 1.165) is 19.3 Å². The first-order valence-electron chi connectivity index (χ1n) is 9.61. The molecular weight excluding hydrogens is 344 g/mol. The normalized spacial score (nSPS) is 21.0. The minimum absolute atomic E-state index is 0.0149. The van der Waals surface area contributed by atoms with Gasteiger partial charge < -0.3 is 20.1 Å². The monoisotopic (exact) mass is 372 g/mol. The maximum Gasteiger partial charge on any atom is 0.228 e. The van der Waals surface area contributed by atoms with E-state index in [1.165, 1.54) is 18.4 Å². The van der Waals surface area contributed by atoms with Crippen LogP contribution in [0.4, 0.5) is 5.69 Å².